The van der Waals surface area contributed by atoms with Crippen molar-refractivity contribution in [1.82, 2.24) is 58.1 Å². The second kappa shape index (κ2) is 51.1. The van der Waals surface area contributed by atoms with Crippen LogP contribution in [0.1, 0.15) is 70.2 Å². The maximum absolute atomic E-state index is 13.7. The Hall–Kier alpha value is -12.2. The molecule has 0 radical (unpaired) electrons. The molecule has 10 heterocycles. The fourth-order valence-corrected chi connectivity index (χ4v) is 14.5. The van der Waals surface area contributed by atoms with Crippen LogP contribution in [-0.2, 0) is 88.8 Å². The van der Waals surface area contributed by atoms with Crippen LogP contribution < -0.4 is 113 Å². The summed E-state index contributed by atoms with van der Waals surface area (Å²) >= 11 is 42.8. The van der Waals surface area contributed by atoms with Gasteiger partial charge in [-0.25, -0.2) is 39.5 Å². The van der Waals surface area contributed by atoms with E-state index in [1.807, 2.05) is 36.4 Å². The molecule has 0 bridgehead atoms. The molecule has 0 saturated heterocycles. The quantitative estimate of drug-likeness (QED) is 0.0186. The molecular weight excluding hydrogens is 1970 g/mol. The molecule has 724 valence electrons. The van der Waals surface area contributed by atoms with Crippen molar-refractivity contribution in [2.24, 2.45) is 45.4 Å². The number of anilines is 7. The van der Waals surface area contributed by atoms with Crippen LogP contribution in [0.2, 0.25) is 36.3 Å². The number of carbonyl (C=O) groups excluding carboxylic acids is 2. The summed E-state index contributed by atoms with van der Waals surface area (Å²) in [6.45, 7) is 2.30. The molecule has 8 aromatic heterocycles. The first-order valence-electron chi connectivity index (χ1n) is 40.7. The minimum absolute atomic E-state index is 0.0110. The van der Waals surface area contributed by atoms with Crippen molar-refractivity contribution in [2.75, 3.05) is 92.4 Å². The lowest BCUT2D eigenvalue weighted by atomic mass is 9.92. The van der Waals surface area contributed by atoms with Crippen molar-refractivity contribution < 1.29 is 55.9 Å². The Morgan fingerprint density at radius 1 is 0.412 bits per heavy atom. The Labute approximate surface area is 826 Å². The molecule has 9 N–H and O–H groups in total. The second-order valence-corrected chi connectivity index (χ2v) is 35.7. The van der Waals surface area contributed by atoms with Gasteiger partial charge in [0.25, 0.3) is 22.2 Å². The molecule has 3 aliphatic rings. The number of carbonyl (C=O) groups is 2. The Bertz CT molecular complexity index is 6460. The van der Waals surface area contributed by atoms with Crippen molar-refractivity contribution >= 4 is 163 Å². The van der Waals surface area contributed by atoms with E-state index in [0.717, 1.165) is 52.0 Å². The molecule has 1 aliphatic carbocycles. The van der Waals surface area contributed by atoms with Gasteiger partial charge in [0.15, 0.2) is 0 Å². The first-order chi connectivity index (χ1) is 64.8. The van der Waals surface area contributed by atoms with E-state index < -0.39 is 14.3 Å². The van der Waals surface area contributed by atoms with Gasteiger partial charge in [-0.05, 0) is 106 Å². The minimum Gasteiger partial charge on any atom is -0.497 e. The minimum atomic E-state index is -3.72. The van der Waals surface area contributed by atoms with Crippen LogP contribution in [0.25, 0.3) is 0 Å². The SMILES string of the molecule is COc1cc(NCc2cnc(Cl)nc2Cl)cc(OC)c1.COc1cc(NCc2cnc(Cl)nc2NCc2ccn(C)c(=O)c2)cc(OC)c1.COc1cc(OC)c(Cl)c(N2Cc3cnc(Cl)nc3N(Cc3ccn(C)c(=O)c3)C2=O)c1Cl.COc1cc(OC)cc(N2Cc3cnc(Cl)nc3N(Cc3ccn(C)c(=O)c3)C2=O)c1.Cn1ccc(CN)cc1=O.NC1CCCCC1N.O=S(=O)(Cl)Cl. The lowest BCUT2D eigenvalue weighted by molar-refractivity contribution is 0.248. The maximum atomic E-state index is 13.7. The molecule has 2 unspecified atom stereocenters. The molecule has 136 heavy (non-hydrogen) atoms. The summed E-state index contributed by atoms with van der Waals surface area (Å²) in [6.07, 6.45) is 17.9. The summed E-state index contributed by atoms with van der Waals surface area (Å²) in [4.78, 5) is 113. The predicted molar refractivity (Wildman–Crippen MR) is 529 cm³/mol. The van der Waals surface area contributed by atoms with E-state index in [2.05, 4.69) is 77.2 Å². The average Bonchev–Trinajstić information content (AvgIpc) is 0.735. The van der Waals surface area contributed by atoms with Gasteiger partial charge < -0.3 is 89.3 Å². The van der Waals surface area contributed by atoms with Crippen LogP contribution in [-0.4, -0.2) is 148 Å². The summed E-state index contributed by atoms with van der Waals surface area (Å²) in [5.74, 6) is 5.79. The number of aromatic nitrogens is 12. The largest absolute Gasteiger partial charge is 0.497 e. The number of methoxy groups -OCH3 is 8. The lowest BCUT2D eigenvalue weighted by Crippen LogP contribution is -2.48. The van der Waals surface area contributed by atoms with Gasteiger partial charge in [0.2, 0.25) is 21.1 Å². The van der Waals surface area contributed by atoms with E-state index >= 15 is 0 Å². The molecule has 2 aliphatic heterocycles. The van der Waals surface area contributed by atoms with E-state index in [1.165, 1.54) is 84.4 Å². The fraction of sp³-hybridized carbons (Fsp3) is 0.295. The normalized spacial score (nSPS) is 13.4. The average molecular weight is 2070 g/mol. The smallest absolute Gasteiger partial charge is 0.330 e. The van der Waals surface area contributed by atoms with Crippen LogP contribution in [0.5, 0.6) is 46.0 Å². The topological polar surface area (TPSA) is 460 Å². The number of ether oxygens (including phenoxy) is 8. The van der Waals surface area contributed by atoms with E-state index in [4.69, 9.17) is 145 Å². The van der Waals surface area contributed by atoms with Gasteiger partial charge in [0, 0.05) is 256 Å². The van der Waals surface area contributed by atoms with Gasteiger partial charge in [-0.3, -0.25) is 38.8 Å². The molecule has 48 heteroatoms. The van der Waals surface area contributed by atoms with E-state index in [0.29, 0.717) is 106 Å². The third kappa shape index (κ3) is 30.9. The third-order valence-electron chi connectivity index (χ3n) is 20.4. The Morgan fingerprint density at radius 3 is 1.15 bits per heavy atom. The first kappa shape index (κ1) is 107. The summed E-state index contributed by atoms with van der Waals surface area (Å²) in [7, 11) is 23.9. The number of halogens is 9. The fourth-order valence-electron chi connectivity index (χ4n) is 13.0. The van der Waals surface area contributed by atoms with Crippen molar-refractivity contribution in [3.05, 3.63) is 281 Å². The summed E-state index contributed by atoms with van der Waals surface area (Å²) in [5, 5.41) is 10.6. The molecule has 0 spiro atoms. The summed E-state index contributed by atoms with van der Waals surface area (Å²) in [6, 6.07) is 30.9. The molecule has 1 fully saturated rings. The highest BCUT2D eigenvalue weighted by atomic mass is 36.0. The van der Waals surface area contributed by atoms with E-state index in [9.17, 15) is 28.8 Å². The standard InChI is InChI=1S/C21H18Cl3N5O4.C21H20ClN5O4.C20H22ClN5O3.C13H13Cl2N3O2.C7H10N2O.C6H14N2.Cl2O2S/c1-27-5-4-11(6-15(27)30)9-29-19-12(8-25-20(24)26-19)10-28(21(29)31)18-16(22)13(32-2)7-14(33-3)17(18)23;1-25-5-4-13(6-18(25)28)11-27-19-14(10-23-20(22)24-19)12-26(21(27)29)15-7-16(30-2)9-17(8-15)31-3;1-26-5-4-13(6-18(26)27)10-23-19-14(12-24-20(21)25-19)11-22-15-7-16(28-2)9-17(8-15)29-3;1-19-10-3-9(4-11(5-10)20-2)16-6-8-7-17-13(15)18-12(8)14;1-9-3-2-6(5-8)4-7(9)10;7-5-3-1-2-4-6(5)8;1-5(2,3)4/h4-8H,9-10H2,1-3H3;4-10H,11-12H2,1-3H3;4-9,12,22H,10-11H2,1-3H3,(H,23,24,25);3-5,7,16H,6H2,1-2H3;2-4H,5,8H2,1H3;5-6H,1-4,7-8H2;. The molecule has 4 amide bonds. The van der Waals surface area contributed by atoms with Gasteiger partial charge >= 0.3 is 20.3 Å². The van der Waals surface area contributed by atoms with Gasteiger partial charge in [-0.2, -0.15) is 18.4 Å². The molecule has 15 rings (SSSR count). The summed E-state index contributed by atoms with van der Waals surface area (Å²) < 4.78 is 66.6. The number of fused-ring (bicyclic) bond motifs is 2. The zero-order chi connectivity index (χ0) is 99.4. The van der Waals surface area contributed by atoms with Gasteiger partial charge in [0.1, 0.15) is 78.6 Å². The number of hydrogen-bond acceptors (Lipinski definition) is 30. The maximum Gasteiger partial charge on any atom is 0.330 e. The van der Waals surface area contributed by atoms with E-state index in [1.54, 1.807) is 174 Å². The molecule has 38 nitrogen and oxygen atoms in total. The zero-order valence-corrected chi connectivity index (χ0v) is 83.0. The Morgan fingerprint density at radius 2 is 0.757 bits per heavy atom. The molecule has 12 aromatic rings. The highest BCUT2D eigenvalue weighted by Crippen LogP contribution is 2.49. The highest BCUT2D eigenvalue weighted by Gasteiger charge is 2.38. The van der Waals surface area contributed by atoms with Crippen LogP contribution in [0.15, 0.2) is 178 Å². The number of nitrogens with zero attached hydrogens (tertiary/aromatic N) is 16. The molecule has 2 atom stereocenters. The number of nitrogens with one attached hydrogen (secondary N) is 3. The van der Waals surface area contributed by atoms with E-state index in [-0.39, 0.29) is 115 Å². The summed E-state index contributed by atoms with van der Waals surface area (Å²) in [5.41, 5.74) is 24.5. The molecule has 1 saturated carbocycles. The van der Waals surface area contributed by atoms with Crippen LogP contribution >= 0.6 is 103 Å². The number of rotatable bonds is 24. The monoisotopic (exact) mass is 2060 g/mol. The van der Waals surface area contributed by atoms with Gasteiger partial charge in [0.05, 0.1) is 94.4 Å². The number of nitrogens with two attached hydrogens (primary N) is 3. The number of aryl methyl sites for hydroxylation is 4. The van der Waals surface area contributed by atoms with Crippen molar-refractivity contribution in [1.29, 1.82) is 0 Å². The Balaban J connectivity index is 0.000000190. The number of urea groups is 2. The number of amides is 4. The van der Waals surface area contributed by atoms with Gasteiger partial charge in [-0.1, -0.05) is 47.6 Å². The van der Waals surface area contributed by atoms with Crippen LogP contribution in [0.4, 0.5) is 49.8 Å². The van der Waals surface area contributed by atoms with Crippen molar-refractivity contribution in [3.8, 4) is 46.0 Å². The number of pyridine rings is 4. The van der Waals surface area contributed by atoms with Crippen LogP contribution in [0.3, 0.4) is 0 Å². The van der Waals surface area contributed by atoms with Crippen molar-refractivity contribution in [2.45, 2.75) is 90.1 Å². The highest BCUT2D eigenvalue weighted by molar-refractivity contribution is 8.31. The van der Waals surface area contributed by atoms with Crippen LogP contribution in [0, 0.1) is 0 Å². The van der Waals surface area contributed by atoms with Gasteiger partial charge in [-0.15, -0.1) is 0 Å². The lowest BCUT2D eigenvalue weighted by Gasteiger charge is -2.37. The number of hydrogen-bond donors (Lipinski definition) is 6. The predicted octanol–water partition coefficient (Wildman–Crippen LogP) is 14.5. The van der Waals surface area contributed by atoms with Crippen molar-refractivity contribution in [3.63, 3.8) is 0 Å². The first-order valence-corrected chi connectivity index (χ1v) is 46.4. The number of benzene rings is 4. The molecule has 4 aromatic carbocycles. The zero-order valence-electron chi connectivity index (χ0n) is 75.4. The third-order valence-corrected chi connectivity index (χ3v) is 22.2. The second-order valence-electron chi connectivity index (χ2n) is 29.6. The Kier molecular flexibility index (Phi) is 40.4. The molecular formula is C88H97Cl9N22O16S.